The third-order valence-electron chi connectivity index (χ3n) is 3.27. The maximum absolute atomic E-state index is 11.5. The van der Waals surface area contributed by atoms with Crippen molar-refractivity contribution in [2.45, 2.75) is 71.1 Å². The molecule has 18 heavy (non-hydrogen) atoms. The van der Waals surface area contributed by atoms with E-state index < -0.39 is 0 Å². The Balaban J connectivity index is 3.24. The summed E-state index contributed by atoms with van der Waals surface area (Å²) < 4.78 is 0. The summed E-state index contributed by atoms with van der Waals surface area (Å²) in [5, 5.41) is 0. The number of amides is 1. The molecule has 106 valence electrons. The molecule has 0 aliphatic heterocycles. The Hall–Kier alpha value is -0.860. The summed E-state index contributed by atoms with van der Waals surface area (Å²) in [6.45, 7) is 2.45. The largest absolute Gasteiger partial charge is 0.339 e. The zero-order valence-corrected chi connectivity index (χ0v) is 12.1. The molecule has 0 heterocycles. The fourth-order valence-corrected chi connectivity index (χ4v) is 1.99. The molecule has 0 aromatic carbocycles. The molecule has 0 radical (unpaired) electrons. The van der Waals surface area contributed by atoms with Crippen LogP contribution in [0.5, 0.6) is 0 Å². The van der Waals surface area contributed by atoms with E-state index in [-0.39, 0.29) is 12.5 Å². The SMILES string of the molecule is CCCCCCCCCCCC(=O)N(C)CC=O. The van der Waals surface area contributed by atoms with Gasteiger partial charge in [-0.25, -0.2) is 0 Å². The van der Waals surface area contributed by atoms with Crippen molar-refractivity contribution < 1.29 is 9.59 Å². The van der Waals surface area contributed by atoms with Crippen molar-refractivity contribution in [1.82, 2.24) is 4.90 Å². The molecule has 0 fully saturated rings. The zero-order valence-electron chi connectivity index (χ0n) is 12.1. The van der Waals surface area contributed by atoms with Crippen LogP contribution in [-0.2, 0) is 9.59 Å². The third-order valence-corrected chi connectivity index (χ3v) is 3.27. The number of unbranched alkanes of at least 4 members (excludes halogenated alkanes) is 8. The highest BCUT2D eigenvalue weighted by Gasteiger charge is 2.06. The monoisotopic (exact) mass is 255 g/mol. The fourth-order valence-electron chi connectivity index (χ4n) is 1.99. The highest BCUT2D eigenvalue weighted by Crippen LogP contribution is 2.10. The van der Waals surface area contributed by atoms with Gasteiger partial charge in [0.1, 0.15) is 6.29 Å². The van der Waals surface area contributed by atoms with Gasteiger partial charge >= 0.3 is 0 Å². The molecule has 0 unspecified atom stereocenters. The lowest BCUT2D eigenvalue weighted by Gasteiger charge is -2.13. The molecular formula is C15H29NO2. The first-order valence-corrected chi connectivity index (χ1v) is 7.40. The first kappa shape index (κ1) is 17.1. The van der Waals surface area contributed by atoms with Crippen LogP contribution in [0.4, 0.5) is 0 Å². The highest BCUT2D eigenvalue weighted by atomic mass is 16.2. The van der Waals surface area contributed by atoms with Crippen LogP contribution in [0.15, 0.2) is 0 Å². The molecule has 3 heteroatoms. The predicted molar refractivity (Wildman–Crippen MR) is 75.5 cm³/mol. The summed E-state index contributed by atoms with van der Waals surface area (Å²) in [6, 6.07) is 0. The van der Waals surface area contributed by atoms with E-state index in [1.165, 1.54) is 49.8 Å². The number of nitrogens with zero attached hydrogens (tertiary/aromatic N) is 1. The van der Waals surface area contributed by atoms with Gasteiger partial charge in [0, 0.05) is 13.5 Å². The number of hydrogen-bond donors (Lipinski definition) is 0. The van der Waals surface area contributed by atoms with Crippen LogP contribution in [0.1, 0.15) is 71.1 Å². The maximum Gasteiger partial charge on any atom is 0.222 e. The van der Waals surface area contributed by atoms with Gasteiger partial charge in [-0.2, -0.15) is 0 Å². The van der Waals surface area contributed by atoms with Crippen molar-refractivity contribution in [1.29, 1.82) is 0 Å². The van der Waals surface area contributed by atoms with E-state index in [1.54, 1.807) is 7.05 Å². The average molecular weight is 255 g/mol. The minimum Gasteiger partial charge on any atom is -0.339 e. The second-order valence-electron chi connectivity index (χ2n) is 5.02. The normalized spacial score (nSPS) is 10.3. The molecule has 0 saturated carbocycles. The summed E-state index contributed by atoms with van der Waals surface area (Å²) in [7, 11) is 1.68. The molecule has 0 atom stereocenters. The van der Waals surface area contributed by atoms with Gasteiger partial charge < -0.3 is 9.69 Å². The Morgan fingerprint density at radius 1 is 0.944 bits per heavy atom. The van der Waals surface area contributed by atoms with Crippen molar-refractivity contribution in [3.05, 3.63) is 0 Å². The Bertz CT molecular complexity index is 217. The molecule has 0 spiro atoms. The van der Waals surface area contributed by atoms with E-state index in [0.29, 0.717) is 6.42 Å². The predicted octanol–water partition coefficient (Wildman–Crippen LogP) is 3.56. The first-order valence-electron chi connectivity index (χ1n) is 7.40. The van der Waals surface area contributed by atoms with E-state index in [1.807, 2.05) is 0 Å². The lowest BCUT2D eigenvalue weighted by molar-refractivity contribution is -0.131. The summed E-state index contributed by atoms with van der Waals surface area (Å²) >= 11 is 0. The van der Waals surface area contributed by atoms with E-state index in [0.717, 1.165) is 19.1 Å². The standard InChI is InChI=1S/C15H29NO2/c1-3-4-5-6-7-8-9-10-11-12-15(18)16(2)13-14-17/h14H,3-13H2,1-2H3. The van der Waals surface area contributed by atoms with Crippen LogP contribution in [-0.4, -0.2) is 30.7 Å². The molecule has 3 nitrogen and oxygen atoms in total. The number of aldehydes is 1. The Morgan fingerprint density at radius 3 is 1.94 bits per heavy atom. The number of carbonyl (C=O) groups is 2. The highest BCUT2D eigenvalue weighted by molar-refractivity contribution is 5.78. The molecule has 0 aromatic heterocycles. The topological polar surface area (TPSA) is 37.4 Å². The van der Waals surface area contributed by atoms with Crippen molar-refractivity contribution in [2.75, 3.05) is 13.6 Å². The summed E-state index contributed by atoms with van der Waals surface area (Å²) in [6.07, 6.45) is 12.7. The van der Waals surface area contributed by atoms with E-state index >= 15 is 0 Å². The van der Waals surface area contributed by atoms with Crippen molar-refractivity contribution >= 4 is 12.2 Å². The Kier molecular flexibility index (Phi) is 12.0. The average Bonchev–Trinajstić information content (AvgIpc) is 2.36. The van der Waals surface area contributed by atoms with Gasteiger partial charge in [-0.05, 0) is 6.42 Å². The first-order chi connectivity index (χ1) is 8.72. The molecule has 0 N–H and O–H groups in total. The van der Waals surface area contributed by atoms with Crippen molar-refractivity contribution in [3.63, 3.8) is 0 Å². The number of carbonyl (C=O) groups excluding carboxylic acids is 2. The lowest BCUT2D eigenvalue weighted by Crippen LogP contribution is -2.28. The van der Waals surface area contributed by atoms with Gasteiger partial charge in [0.25, 0.3) is 0 Å². The molecule has 0 aliphatic rings. The number of hydrogen-bond acceptors (Lipinski definition) is 2. The zero-order chi connectivity index (χ0) is 13.6. The number of likely N-dealkylation sites (N-methyl/N-ethyl adjacent to an activating group) is 1. The Labute approximate surface area is 112 Å². The van der Waals surface area contributed by atoms with Crippen molar-refractivity contribution in [2.24, 2.45) is 0 Å². The molecule has 0 saturated heterocycles. The van der Waals surface area contributed by atoms with Crippen molar-refractivity contribution in [3.8, 4) is 0 Å². The molecule has 0 aromatic rings. The van der Waals surface area contributed by atoms with Crippen LogP contribution < -0.4 is 0 Å². The third kappa shape index (κ3) is 10.3. The lowest BCUT2D eigenvalue weighted by atomic mass is 10.1. The smallest absolute Gasteiger partial charge is 0.222 e. The van der Waals surface area contributed by atoms with E-state index in [4.69, 9.17) is 0 Å². The summed E-state index contributed by atoms with van der Waals surface area (Å²) in [4.78, 5) is 23.3. The van der Waals surface area contributed by atoms with Crippen LogP contribution in [0.2, 0.25) is 0 Å². The molecular weight excluding hydrogens is 226 g/mol. The van der Waals surface area contributed by atoms with Crippen LogP contribution in [0.25, 0.3) is 0 Å². The van der Waals surface area contributed by atoms with Crippen LogP contribution in [0.3, 0.4) is 0 Å². The van der Waals surface area contributed by atoms with Gasteiger partial charge in [0.15, 0.2) is 0 Å². The second kappa shape index (κ2) is 12.6. The Morgan fingerprint density at radius 2 is 1.44 bits per heavy atom. The summed E-state index contributed by atoms with van der Waals surface area (Å²) in [5.74, 6) is 0.0880. The van der Waals surface area contributed by atoms with Crippen LogP contribution in [0, 0.1) is 0 Å². The van der Waals surface area contributed by atoms with Gasteiger partial charge in [-0.3, -0.25) is 4.79 Å². The van der Waals surface area contributed by atoms with E-state index in [9.17, 15) is 9.59 Å². The van der Waals surface area contributed by atoms with E-state index in [2.05, 4.69) is 6.92 Å². The molecule has 0 rings (SSSR count). The molecule has 1 amide bonds. The minimum atomic E-state index is 0.0880. The second-order valence-corrected chi connectivity index (χ2v) is 5.02. The van der Waals surface area contributed by atoms with Gasteiger partial charge in [0.2, 0.25) is 5.91 Å². The minimum absolute atomic E-state index is 0.0880. The number of rotatable bonds is 12. The van der Waals surface area contributed by atoms with Gasteiger partial charge in [-0.1, -0.05) is 58.3 Å². The maximum atomic E-state index is 11.5. The van der Waals surface area contributed by atoms with Gasteiger partial charge in [0.05, 0.1) is 6.54 Å². The van der Waals surface area contributed by atoms with Gasteiger partial charge in [-0.15, -0.1) is 0 Å². The molecule has 0 bridgehead atoms. The van der Waals surface area contributed by atoms with Crippen LogP contribution >= 0.6 is 0 Å². The molecule has 0 aliphatic carbocycles. The quantitative estimate of drug-likeness (QED) is 0.395. The fraction of sp³-hybridized carbons (Fsp3) is 0.867. The summed E-state index contributed by atoms with van der Waals surface area (Å²) in [5.41, 5.74) is 0.